The maximum Gasteiger partial charge on any atom is 0.503 e. The molecule has 0 fully saturated rings. The number of rotatable bonds is 4. The van der Waals surface area contributed by atoms with Crippen LogP contribution in [0.1, 0.15) is 46.5 Å². The monoisotopic (exact) mass is 188 g/mol. The molecule has 0 aromatic rings. The molecular formula is C10H20O3. The number of hydrogen-bond donors (Lipinski definition) is 2. The van der Waals surface area contributed by atoms with Gasteiger partial charge in [0.1, 0.15) is 0 Å². The minimum Gasteiger partial charge on any atom is -0.450 e. The van der Waals surface area contributed by atoms with E-state index >= 15 is 0 Å². The van der Waals surface area contributed by atoms with Gasteiger partial charge in [0.05, 0.1) is 0 Å². The van der Waals surface area contributed by atoms with Gasteiger partial charge in [-0.3, -0.25) is 0 Å². The first-order valence-electron chi connectivity index (χ1n) is 4.64. The van der Waals surface area contributed by atoms with Crippen LogP contribution in [-0.2, 0) is 0 Å². The maximum absolute atomic E-state index is 8.56. The summed E-state index contributed by atoms with van der Waals surface area (Å²) in [5, 5.41) is 13.9. The first kappa shape index (κ1) is 14.5. The van der Waals surface area contributed by atoms with Crippen molar-refractivity contribution >= 4 is 6.16 Å². The fourth-order valence-corrected chi connectivity index (χ4v) is 1.06. The number of carbonyl (C=O) groups is 1. The van der Waals surface area contributed by atoms with Gasteiger partial charge in [-0.25, -0.2) is 4.79 Å². The molecule has 0 spiro atoms. The van der Waals surface area contributed by atoms with E-state index in [1.54, 1.807) is 5.57 Å². The van der Waals surface area contributed by atoms with Crippen molar-refractivity contribution < 1.29 is 15.0 Å². The molecule has 0 heterocycles. The van der Waals surface area contributed by atoms with Gasteiger partial charge in [0, 0.05) is 0 Å². The Morgan fingerprint density at radius 1 is 1.15 bits per heavy atom. The van der Waals surface area contributed by atoms with Crippen molar-refractivity contribution in [1.82, 2.24) is 0 Å². The van der Waals surface area contributed by atoms with Crippen molar-refractivity contribution in [2.24, 2.45) is 0 Å². The van der Waals surface area contributed by atoms with Crippen LogP contribution in [0.3, 0.4) is 0 Å². The van der Waals surface area contributed by atoms with Crippen LogP contribution in [0.25, 0.3) is 0 Å². The van der Waals surface area contributed by atoms with Crippen LogP contribution in [0.5, 0.6) is 0 Å². The second kappa shape index (κ2) is 11.0. The summed E-state index contributed by atoms with van der Waals surface area (Å²) in [6.07, 6.45) is 5.60. The van der Waals surface area contributed by atoms with Crippen LogP contribution in [-0.4, -0.2) is 16.4 Å². The summed E-state index contributed by atoms with van der Waals surface area (Å²) < 4.78 is 0. The summed E-state index contributed by atoms with van der Waals surface area (Å²) >= 11 is 0. The lowest BCUT2D eigenvalue weighted by atomic mass is 10.1. The summed E-state index contributed by atoms with van der Waals surface area (Å²) in [5.74, 6) is 0. The molecule has 0 amide bonds. The van der Waals surface area contributed by atoms with Gasteiger partial charge in [0.15, 0.2) is 0 Å². The third-order valence-electron chi connectivity index (χ3n) is 1.55. The minimum absolute atomic E-state index is 1.29. The van der Waals surface area contributed by atoms with Crippen LogP contribution in [0.2, 0.25) is 0 Å². The molecule has 13 heavy (non-hydrogen) atoms. The van der Waals surface area contributed by atoms with E-state index in [1.807, 2.05) is 0 Å². The van der Waals surface area contributed by atoms with E-state index in [1.165, 1.54) is 25.7 Å². The molecule has 0 aliphatic carbocycles. The Bertz CT molecular complexity index is 138. The summed E-state index contributed by atoms with van der Waals surface area (Å²) in [7, 11) is 0. The molecule has 3 heteroatoms. The van der Waals surface area contributed by atoms with Gasteiger partial charge in [0.25, 0.3) is 0 Å². The van der Waals surface area contributed by atoms with Crippen molar-refractivity contribution in [3.8, 4) is 0 Å². The average Bonchev–Trinajstić information content (AvgIpc) is 2.03. The standard InChI is InChI=1S/C9H18.CH2O3/c1-4-7-9(6-3)8-5-2;2-1(3)4/h6H,4-5,7-8H2,1-3H3;(H2,2,3,4). The first-order chi connectivity index (χ1) is 6.08. The van der Waals surface area contributed by atoms with Gasteiger partial charge >= 0.3 is 6.16 Å². The molecule has 2 N–H and O–H groups in total. The van der Waals surface area contributed by atoms with Gasteiger partial charge in [-0.1, -0.05) is 38.3 Å². The molecule has 0 saturated carbocycles. The molecule has 0 radical (unpaired) electrons. The molecule has 0 rings (SSSR count). The second-order valence-corrected chi connectivity index (χ2v) is 2.73. The fraction of sp³-hybridized carbons (Fsp3) is 0.700. The summed E-state index contributed by atoms with van der Waals surface area (Å²) in [5.41, 5.74) is 1.63. The quantitative estimate of drug-likeness (QED) is 0.660. The third kappa shape index (κ3) is 18.2. The normalized spacial score (nSPS) is 8.23. The molecule has 0 aliphatic rings. The largest absolute Gasteiger partial charge is 0.503 e. The van der Waals surface area contributed by atoms with E-state index in [9.17, 15) is 0 Å². The molecule has 3 nitrogen and oxygen atoms in total. The van der Waals surface area contributed by atoms with E-state index in [0.717, 1.165) is 0 Å². The first-order valence-corrected chi connectivity index (χ1v) is 4.64. The lowest BCUT2D eigenvalue weighted by Gasteiger charge is -2.00. The summed E-state index contributed by atoms with van der Waals surface area (Å²) in [6, 6.07) is 0. The van der Waals surface area contributed by atoms with Crippen LogP contribution in [0.4, 0.5) is 4.79 Å². The molecule has 0 unspecified atom stereocenters. The highest BCUT2D eigenvalue weighted by Gasteiger charge is 1.90. The molecule has 0 bridgehead atoms. The Hall–Kier alpha value is -0.990. The zero-order valence-electron chi connectivity index (χ0n) is 8.71. The lowest BCUT2D eigenvalue weighted by molar-refractivity contribution is 0.137. The zero-order valence-corrected chi connectivity index (χ0v) is 8.71. The van der Waals surface area contributed by atoms with Gasteiger partial charge in [-0.15, -0.1) is 0 Å². The highest BCUT2D eigenvalue weighted by molar-refractivity contribution is 5.53. The molecule has 0 saturated heterocycles. The Morgan fingerprint density at radius 2 is 1.46 bits per heavy atom. The highest BCUT2D eigenvalue weighted by Crippen LogP contribution is 2.10. The second-order valence-electron chi connectivity index (χ2n) is 2.73. The van der Waals surface area contributed by atoms with Gasteiger partial charge in [-0.05, 0) is 19.8 Å². The number of carboxylic acid groups (broad SMARTS) is 2. The molecule has 0 aromatic carbocycles. The molecule has 0 aliphatic heterocycles. The smallest absolute Gasteiger partial charge is 0.450 e. The van der Waals surface area contributed by atoms with Crippen molar-refractivity contribution in [1.29, 1.82) is 0 Å². The lowest BCUT2D eigenvalue weighted by Crippen LogP contribution is -1.81. The maximum atomic E-state index is 8.56. The van der Waals surface area contributed by atoms with Crippen LogP contribution >= 0.6 is 0 Å². The Morgan fingerprint density at radius 3 is 1.62 bits per heavy atom. The number of allylic oxidation sites excluding steroid dienone is 2. The Labute approximate surface area is 80.1 Å². The van der Waals surface area contributed by atoms with E-state index in [0.29, 0.717) is 0 Å². The molecule has 78 valence electrons. The fourth-order valence-electron chi connectivity index (χ4n) is 1.06. The van der Waals surface area contributed by atoms with Gasteiger partial charge in [0.2, 0.25) is 0 Å². The summed E-state index contributed by atoms with van der Waals surface area (Å²) in [6.45, 7) is 6.61. The van der Waals surface area contributed by atoms with E-state index in [-0.39, 0.29) is 0 Å². The molecule has 0 atom stereocenters. The Kier molecular flexibility index (Phi) is 12.3. The average molecular weight is 188 g/mol. The van der Waals surface area contributed by atoms with Crippen molar-refractivity contribution in [3.05, 3.63) is 11.6 Å². The molecular weight excluding hydrogens is 168 g/mol. The van der Waals surface area contributed by atoms with E-state index in [4.69, 9.17) is 15.0 Å². The predicted molar refractivity (Wildman–Crippen MR) is 54.2 cm³/mol. The molecule has 0 aromatic heterocycles. The number of hydrogen-bond acceptors (Lipinski definition) is 1. The predicted octanol–water partition coefficient (Wildman–Crippen LogP) is 3.76. The van der Waals surface area contributed by atoms with Crippen LogP contribution < -0.4 is 0 Å². The summed E-state index contributed by atoms with van der Waals surface area (Å²) in [4.78, 5) is 8.56. The topological polar surface area (TPSA) is 57.5 Å². The third-order valence-corrected chi connectivity index (χ3v) is 1.55. The van der Waals surface area contributed by atoms with Crippen LogP contribution in [0, 0.1) is 0 Å². The Balaban J connectivity index is 0. The SMILES string of the molecule is CC=C(CCC)CCC.O=C(O)O. The zero-order chi connectivity index (χ0) is 10.7. The van der Waals surface area contributed by atoms with Crippen LogP contribution in [0.15, 0.2) is 11.6 Å². The van der Waals surface area contributed by atoms with Crippen molar-refractivity contribution in [3.63, 3.8) is 0 Å². The van der Waals surface area contributed by atoms with Crippen molar-refractivity contribution in [2.75, 3.05) is 0 Å². The van der Waals surface area contributed by atoms with Gasteiger partial charge in [-0.2, -0.15) is 0 Å². The van der Waals surface area contributed by atoms with E-state index < -0.39 is 6.16 Å². The van der Waals surface area contributed by atoms with Gasteiger partial charge < -0.3 is 10.2 Å². The highest BCUT2D eigenvalue weighted by atomic mass is 16.6. The van der Waals surface area contributed by atoms with Crippen molar-refractivity contribution in [2.45, 2.75) is 46.5 Å². The van der Waals surface area contributed by atoms with E-state index in [2.05, 4.69) is 26.8 Å². The minimum atomic E-state index is -1.83.